The average Bonchev–Trinajstić information content (AvgIpc) is 2.89. The number of furan rings is 1. The van der Waals surface area contributed by atoms with Gasteiger partial charge in [-0.2, -0.15) is 0 Å². The van der Waals surface area contributed by atoms with Gasteiger partial charge in [-0.1, -0.05) is 35.5 Å². The van der Waals surface area contributed by atoms with Crippen molar-refractivity contribution in [2.75, 3.05) is 6.61 Å². The lowest BCUT2D eigenvalue weighted by atomic mass is 10.1. The monoisotopic (exact) mass is 253 g/mol. The van der Waals surface area contributed by atoms with Gasteiger partial charge in [0.05, 0.1) is 0 Å². The minimum atomic E-state index is 0.556. The molecule has 0 atom stereocenters. The smallest absolute Gasteiger partial charge is 0.152 e. The number of rotatable bonds is 3. The van der Waals surface area contributed by atoms with Crippen molar-refractivity contribution in [2.24, 2.45) is 5.16 Å². The van der Waals surface area contributed by atoms with Crippen molar-refractivity contribution in [3.8, 4) is 0 Å². The molecule has 0 N–H and O–H groups in total. The Morgan fingerprint density at radius 1 is 1.16 bits per heavy atom. The Bertz CT molecular complexity index is 756. The van der Waals surface area contributed by atoms with Gasteiger partial charge < -0.3 is 9.25 Å². The van der Waals surface area contributed by atoms with E-state index in [0.29, 0.717) is 6.61 Å². The highest BCUT2D eigenvalue weighted by Crippen LogP contribution is 2.28. The van der Waals surface area contributed by atoms with Crippen LogP contribution in [0.25, 0.3) is 21.7 Å². The van der Waals surface area contributed by atoms with E-state index in [9.17, 15) is 0 Å². The Balaban J connectivity index is 2.18. The van der Waals surface area contributed by atoms with Crippen LogP contribution >= 0.6 is 0 Å². The molecule has 0 unspecified atom stereocenters. The molecule has 0 saturated carbocycles. The molecule has 0 saturated heterocycles. The van der Waals surface area contributed by atoms with Crippen LogP contribution in [0.3, 0.4) is 0 Å². The van der Waals surface area contributed by atoms with Crippen LogP contribution in [0.2, 0.25) is 0 Å². The second-order valence-corrected chi connectivity index (χ2v) is 4.40. The van der Waals surface area contributed by atoms with Crippen molar-refractivity contribution in [1.82, 2.24) is 0 Å². The second-order valence-electron chi connectivity index (χ2n) is 4.40. The summed E-state index contributed by atoms with van der Waals surface area (Å²) in [6.07, 6.45) is 0. The van der Waals surface area contributed by atoms with Gasteiger partial charge in [0.2, 0.25) is 0 Å². The number of oxime groups is 1. The molecule has 0 aliphatic rings. The van der Waals surface area contributed by atoms with Gasteiger partial charge in [-0.25, -0.2) is 0 Å². The van der Waals surface area contributed by atoms with E-state index in [0.717, 1.165) is 22.4 Å². The normalized spacial score (nSPS) is 12.2. The molecule has 19 heavy (non-hydrogen) atoms. The van der Waals surface area contributed by atoms with Crippen LogP contribution in [0.15, 0.2) is 52.0 Å². The van der Waals surface area contributed by atoms with Crippen LogP contribution in [-0.2, 0) is 4.84 Å². The van der Waals surface area contributed by atoms with E-state index in [4.69, 9.17) is 9.25 Å². The third-order valence-corrected chi connectivity index (χ3v) is 3.11. The molecular weight excluding hydrogens is 238 g/mol. The highest BCUT2D eigenvalue weighted by molar-refractivity contribution is 6.09. The van der Waals surface area contributed by atoms with Crippen LogP contribution in [-0.4, -0.2) is 12.3 Å². The lowest BCUT2D eigenvalue weighted by Gasteiger charge is -1.96. The Hall–Kier alpha value is -2.29. The Morgan fingerprint density at radius 3 is 2.84 bits per heavy atom. The summed E-state index contributed by atoms with van der Waals surface area (Å²) in [5.41, 5.74) is 1.63. The first-order chi connectivity index (χ1) is 9.29. The van der Waals surface area contributed by atoms with Crippen molar-refractivity contribution in [2.45, 2.75) is 13.8 Å². The van der Waals surface area contributed by atoms with Gasteiger partial charge in [-0.15, -0.1) is 0 Å². The fourth-order valence-electron chi connectivity index (χ4n) is 2.18. The highest BCUT2D eigenvalue weighted by atomic mass is 16.6. The fraction of sp³-hybridized carbons (Fsp3) is 0.188. The minimum Gasteiger partial charge on any atom is -0.455 e. The Labute approximate surface area is 111 Å². The topological polar surface area (TPSA) is 34.7 Å². The summed E-state index contributed by atoms with van der Waals surface area (Å²) in [6, 6.07) is 14.4. The van der Waals surface area contributed by atoms with Crippen LogP contribution < -0.4 is 0 Å². The third kappa shape index (κ3) is 2.08. The quantitative estimate of drug-likeness (QED) is 0.514. The SMILES string of the molecule is CCON=C(C)c1cc2c(ccc3ccccc32)o1. The van der Waals surface area contributed by atoms with E-state index in [1.54, 1.807) is 0 Å². The molecule has 2 aromatic carbocycles. The van der Waals surface area contributed by atoms with Gasteiger partial charge in [0.1, 0.15) is 17.9 Å². The largest absolute Gasteiger partial charge is 0.455 e. The van der Waals surface area contributed by atoms with Gasteiger partial charge in [0.15, 0.2) is 5.76 Å². The zero-order valence-corrected chi connectivity index (χ0v) is 11.0. The van der Waals surface area contributed by atoms with Crippen LogP contribution in [0, 0.1) is 0 Å². The Kier molecular flexibility index (Phi) is 2.95. The number of fused-ring (bicyclic) bond motifs is 3. The summed E-state index contributed by atoms with van der Waals surface area (Å²) >= 11 is 0. The van der Waals surface area contributed by atoms with Gasteiger partial charge in [0.25, 0.3) is 0 Å². The minimum absolute atomic E-state index is 0.556. The summed E-state index contributed by atoms with van der Waals surface area (Å²) in [6.45, 7) is 4.35. The molecule has 3 rings (SSSR count). The van der Waals surface area contributed by atoms with E-state index in [1.165, 1.54) is 10.8 Å². The maximum Gasteiger partial charge on any atom is 0.152 e. The molecule has 0 bridgehead atoms. The lowest BCUT2D eigenvalue weighted by molar-refractivity contribution is 0.158. The molecule has 0 amide bonds. The third-order valence-electron chi connectivity index (χ3n) is 3.11. The van der Waals surface area contributed by atoms with Crippen molar-refractivity contribution in [1.29, 1.82) is 0 Å². The first-order valence-corrected chi connectivity index (χ1v) is 6.38. The second kappa shape index (κ2) is 4.76. The van der Waals surface area contributed by atoms with E-state index in [2.05, 4.69) is 23.4 Å². The standard InChI is InChI=1S/C16H15NO2/c1-3-18-17-11(2)16-10-14-13-7-5-4-6-12(13)8-9-15(14)19-16/h4-10H,3H2,1-2H3. The van der Waals surface area contributed by atoms with Gasteiger partial charge in [-0.05, 0) is 36.8 Å². The summed E-state index contributed by atoms with van der Waals surface area (Å²) < 4.78 is 5.82. The number of nitrogens with zero attached hydrogens (tertiary/aromatic N) is 1. The molecule has 3 heteroatoms. The van der Waals surface area contributed by atoms with Crippen LogP contribution in [0.1, 0.15) is 19.6 Å². The zero-order valence-electron chi connectivity index (χ0n) is 11.0. The highest BCUT2D eigenvalue weighted by Gasteiger charge is 2.09. The number of hydrogen-bond acceptors (Lipinski definition) is 3. The summed E-state index contributed by atoms with van der Waals surface area (Å²) in [4.78, 5) is 5.06. The molecule has 3 nitrogen and oxygen atoms in total. The predicted octanol–water partition coefficient (Wildman–Crippen LogP) is 4.35. The summed E-state index contributed by atoms with van der Waals surface area (Å²) in [5, 5.41) is 7.53. The van der Waals surface area contributed by atoms with Crippen molar-refractivity contribution < 1.29 is 9.25 Å². The van der Waals surface area contributed by atoms with Crippen molar-refractivity contribution in [3.63, 3.8) is 0 Å². The van der Waals surface area contributed by atoms with E-state index >= 15 is 0 Å². The lowest BCUT2D eigenvalue weighted by Crippen LogP contribution is -1.93. The van der Waals surface area contributed by atoms with Gasteiger partial charge in [0, 0.05) is 5.39 Å². The molecule has 1 aromatic heterocycles. The maximum atomic E-state index is 5.82. The molecule has 0 radical (unpaired) electrons. The van der Waals surface area contributed by atoms with Crippen LogP contribution in [0.4, 0.5) is 0 Å². The molecule has 3 aromatic rings. The molecule has 0 aliphatic carbocycles. The summed E-state index contributed by atoms with van der Waals surface area (Å²) in [7, 11) is 0. The molecule has 96 valence electrons. The Morgan fingerprint density at radius 2 is 2.00 bits per heavy atom. The number of hydrogen-bond donors (Lipinski definition) is 0. The molecule has 1 heterocycles. The average molecular weight is 253 g/mol. The predicted molar refractivity (Wildman–Crippen MR) is 77.6 cm³/mol. The van der Waals surface area contributed by atoms with Crippen LogP contribution in [0.5, 0.6) is 0 Å². The summed E-state index contributed by atoms with van der Waals surface area (Å²) in [5.74, 6) is 0.750. The van der Waals surface area contributed by atoms with E-state index in [1.807, 2.05) is 38.1 Å². The molecule has 0 aliphatic heterocycles. The van der Waals surface area contributed by atoms with Gasteiger partial charge in [-0.3, -0.25) is 0 Å². The first-order valence-electron chi connectivity index (χ1n) is 6.38. The van der Waals surface area contributed by atoms with Crippen molar-refractivity contribution in [3.05, 3.63) is 48.2 Å². The zero-order chi connectivity index (χ0) is 13.2. The molecule has 0 spiro atoms. The van der Waals surface area contributed by atoms with Gasteiger partial charge >= 0.3 is 0 Å². The van der Waals surface area contributed by atoms with E-state index in [-0.39, 0.29) is 0 Å². The number of benzene rings is 2. The first kappa shape index (κ1) is 11.8. The van der Waals surface area contributed by atoms with Crippen molar-refractivity contribution >= 4 is 27.5 Å². The molecular formula is C16H15NO2. The fourth-order valence-corrected chi connectivity index (χ4v) is 2.18. The maximum absolute atomic E-state index is 5.82. The molecule has 0 fully saturated rings. The van der Waals surface area contributed by atoms with E-state index < -0.39 is 0 Å².